The number of hydrogen-bond acceptors (Lipinski definition) is 1. The molecule has 2 heteroatoms. The first-order valence-corrected chi connectivity index (χ1v) is 10.5. The van der Waals surface area contributed by atoms with Gasteiger partial charge in [-0.15, -0.1) is 0 Å². The van der Waals surface area contributed by atoms with Gasteiger partial charge in [-0.05, 0) is 53.1 Å². The van der Waals surface area contributed by atoms with Crippen LogP contribution in [0.15, 0.2) is 83.3 Å². The number of rotatable bonds is 2. The molecule has 5 aromatic rings. The lowest BCUT2D eigenvalue weighted by atomic mass is 9.96. The number of halogens is 1. The summed E-state index contributed by atoms with van der Waals surface area (Å²) in [6, 6.07) is 25.3. The normalized spacial score (nSPS) is 16.7. The van der Waals surface area contributed by atoms with Gasteiger partial charge in [-0.3, -0.25) is 0 Å². The molecule has 7 rings (SSSR count). The number of benzene rings is 4. The summed E-state index contributed by atoms with van der Waals surface area (Å²) in [5.41, 5.74) is 7.25. The predicted octanol–water partition coefficient (Wildman–Crippen LogP) is 8.24. The van der Waals surface area contributed by atoms with Crippen LogP contribution in [-0.2, 0) is 0 Å². The maximum absolute atomic E-state index is 6.73. The highest BCUT2D eigenvalue weighted by atomic mass is 35.5. The van der Waals surface area contributed by atoms with E-state index in [2.05, 4.69) is 66.7 Å². The molecule has 0 bridgehead atoms. The Labute approximate surface area is 173 Å². The Morgan fingerprint density at radius 2 is 1.48 bits per heavy atom. The van der Waals surface area contributed by atoms with E-state index in [-0.39, 0.29) is 0 Å². The first-order valence-electron chi connectivity index (χ1n) is 10.1. The van der Waals surface area contributed by atoms with Gasteiger partial charge in [0, 0.05) is 27.1 Å². The van der Waals surface area contributed by atoms with Crippen molar-refractivity contribution in [1.82, 2.24) is 0 Å². The second kappa shape index (κ2) is 5.31. The van der Waals surface area contributed by atoms with Crippen LogP contribution in [0.5, 0.6) is 0 Å². The largest absolute Gasteiger partial charge is 0.455 e. The Bertz CT molecular complexity index is 1500. The van der Waals surface area contributed by atoms with Gasteiger partial charge < -0.3 is 4.42 Å². The topological polar surface area (TPSA) is 13.1 Å². The van der Waals surface area contributed by atoms with Gasteiger partial charge in [-0.25, -0.2) is 0 Å². The predicted molar refractivity (Wildman–Crippen MR) is 121 cm³/mol. The molecule has 4 aromatic carbocycles. The molecule has 0 N–H and O–H groups in total. The molecule has 1 spiro atoms. The monoisotopic (exact) mass is 392 g/mol. The fourth-order valence-electron chi connectivity index (χ4n) is 4.86. The van der Waals surface area contributed by atoms with E-state index in [1.807, 2.05) is 12.1 Å². The lowest BCUT2D eigenvalue weighted by Gasteiger charge is -2.06. The zero-order valence-corrected chi connectivity index (χ0v) is 16.5. The summed E-state index contributed by atoms with van der Waals surface area (Å²) in [6.45, 7) is 0. The summed E-state index contributed by atoms with van der Waals surface area (Å²) in [5.74, 6) is 0. The third kappa shape index (κ3) is 2.11. The average molecular weight is 393 g/mol. The smallest absolute Gasteiger partial charge is 0.144 e. The molecule has 0 atom stereocenters. The summed E-state index contributed by atoms with van der Waals surface area (Å²) < 4.78 is 6.55. The standard InChI is InChI=1S/C27H17ClO/c28-23-11-10-17(16-6-2-1-3-7-16)26-24(23)21-14-20(22-15-27(22)12-13-27)18-8-4-5-9-19(18)25(21)29-26/h1-11,14-15H,12-13H2. The van der Waals surface area contributed by atoms with E-state index < -0.39 is 0 Å². The Morgan fingerprint density at radius 3 is 2.24 bits per heavy atom. The van der Waals surface area contributed by atoms with E-state index in [9.17, 15) is 0 Å². The highest BCUT2D eigenvalue weighted by molar-refractivity contribution is 6.39. The molecular weight excluding hydrogens is 376 g/mol. The second-order valence-electron chi connectivity index (χ2n) is 8.33. The molecule has 138 valence electrons. The summed E-state index contributed by atoms with van der Waals surface area (Å²) in [4.78, 5) is 0. The third-order valence-electron chi connectivity index (χ3n) is 6.61. The fourth-order valence-corrected chi connectivity index (χ4v) is 5.12. The van der Waals surface area contributed by atoms with Gasteiger partial charge in [0.1, 0.15) is 11.2 Å². The van der Waals surface area contributed by atoms with E-state index in [0.717, 1.165) is 43.5 Å². The Balaban J connectivity index is 1.63. The van der Waals surface area contributed by atoms with Crippen LogP contribution >= 0.6 is 11.6 Å². The molecule has 2 aliphatic rings. The van der Waals surface area contributed by atoms with Gasteiger partial charge in [0.15, 0.2) is 0 Å². The van der Waals surface area contributed by atoms with Crippen molar-refractivity contribution in [2.75, 3.05) is 0 Å². The molecule has 0 radical (unpaired) electrons. The van der Waals surface area contributed by atoms with Crippen molar-refractivity contribution in [2.45, 2.75) is 12.8 Å². The zero-order valence-electron chi connectivity index (χ0n) is 15.7. The number of hydrogen-bond donors (Lipinski definition) is 0. The molecule has 1 nitrogen and oxygen atoms in total. The molecule has 1 heterocycles. The molecule has 2 aliphatic carbocycles. The quantitative estimate of drug-likeness (QED) is 0.295. The first-order chi connectivity index (χ1) is 14.3. The number of allylic oxidation sites excluding steroid dienone is 2. The van der Waals surface area contributed by atoms with Crippen LogP contribution in [0.25, 0.3) is 49.4 Å². The van der Waals surface area contributed by atoms with Gasteiger partial charge in [-0.2, -0.15) is 0 Å². The lowest BCUT2D eigenvalue weighted by Crippen LogP contribution is -1.85. The third-order valence-corrected chi connectivity index (χ3v) is 6.93. The number of fused-ring (bicyclic) bond motifs is 5. The van der Waals surface area contributed by atoms with Gasteiger partial charge >= 0.3 is 0 Å². The van der Waals surface area contributed by atoms with Crippen LogP contribution in [-0.4, -0.2) is 0 Å². The van der Waals surface area contributed by atoms with Gasteiger partial charge in [0.2, 0.25) is 0 Å². The minimum Gasteiger partial charge on any atom is -0.455 e. The maximum Gasteiger partial charge on any atom is 0.144 e. The molecule has 0 saturated heterocycles. The highest BCUT2D eigenvalue weighted by Gasteiger charge is 2.54. The van der Waals surface area contributed by atoms with E-state index in [0.29, 0.717) is 5.41 Å². The summed E-state index contributed by atoms with van der Waals surface area (Å²) in [7, 11) is 0. The minimum atomic E-state index is 0.398. The number of furan rings is 1. The summed E-state index contributed by atoms with van der Waals surface area (Å²) in [6.07, 6.45) is 5.03. The van der Waals surface area contributed by atoms with Crippen molar-refractivity contribution in [3.8, 4) is 11.1 Å². The van der Waals surface area contributed by atoms with Crippen LogP contribution in [0.2, 0.25) is 5.02 Å². The van der Waals surface area contributed by atoms with Crippen LogP contribution in [0.3, 0.4) is 0 Å². The maximum atomic E-state index is 6.73. The first kappa shape index (κ1) is 15.8. The van der Waals surface area contributed by atoms with E-state index >= 15 is 0 Å². The van der Waals surface area contributed by atoms with Crippen molar-refractivity contribution < 1.29 is 4.42 Å². The fraction of sp³-hybridized carbons (Fsp3) is 0.111. The highest BCUT2D eigenvalue weighted by Crippen LogP contribution is 2.69. The van der Waals surface area contributed by atoms with Crippen molar-refractivity contribution >= 4 is 49.9 Å². The molecular formula is C27H17ClO. The zero-order chi connectivity index (χ0) is 19.2. The molecule has 1 saturated carbocycles. The summed E-state index contributed by atoms with van der Waals surface area (Å²) >= 11 is 6.73. The second-order valence-corrected chi connectivity index (χ2v) is 8.73. The van der Waals surface area contributed by atoms with E-state index in [4.69, 9.17) is 16.0 Å². The van der Waals surface area contributed by atoms with Crippen molar-refractivity contribution in [2.24, 2.45) is 5.41 Å². The Hall–Kier alpha value is -3.03. The molecule has 29 heavy (non-hydrogen) atoms. The van der Waals surface area contributed by atoms with Crippen molar-refractivity contribution in [3.05, 3.63) is 89.5 Å². The van der Waals surface area contributed by atoms with Crippen molar-refractivity contribution in [1.29, 1.82) is 0 Å². The summed E-state index contributed by atoms with van der Waals surface area (Å²) in [5, 5.41) is 5.30. The van der Waals surface area contributed by atoms with Gasteiger partial charge in [0.05, 0.1) is 5.02 Å². The molecule has 1 fully saturated rings. The average Bonchev–Trinajstić information content (AvgIpc) is 3.66. The molecule has 0 amide bonds. The van der Waals surface area contributed by atoms with Gasteiger partial charge in [-0.1, -0.05) is 72.3 Å². The van der Waals surface area contributed by atoms with Crippen LogP contribution in [0.1, 0.15) is 18.4 Å². The minimum absolute atomic E-state index is 0.398. The Morgan fingerprint density at radius 1 is 0.724 bits per heavy atom. The molecule has 1 aromatic heterocycles. The van der Waals surface area contributed by atoms with Crippen LogP contribution < -0.4 is 0 Å². The van der Waals surface area contributed by atoms with Crippen LogP contribution in [0, 0.1) is 5.41 Å². The molecule has 0 unspecified atom stereocenters. The van der Waals surface area contributed by atoms with Gasteiger partial charge in [0.25, 0.3) is 0 Å². The molecule has 0 aliphatic heterocycles. The van der Waals surface area contributed by atoms with E-state index in [1.54, 1.807) is 0 Å². The van der Waals surface area contributed by atoms with Crippen LogP contribution in [0.4, 0.5) is 0 Å². The van der Waals surface area contributed by atoms with Crippen molar-refractivity contribution in [3.63, 3.8) is 0 Å². The van der Waals surface area contributed by atoms with E-state index in [1.165, 1.54) is 29.4 Å². The SMILES string of the molecule is Clc1ccc(-c2ccccc2)c2oc3c4ccccc4c(C4=CC45CC5)cc3c12. The Kier molecular flexibility index (Phi) is 2.90. The lowest BCUT2D eigenvalue weighted by molar-refractivity contribution is 0.674.